The van der Waals surface area contributed by atoms with Gasteiger partial charge in [0.15, 0.2) is 5.78 Å². The molecule has 4 aromatic carbocycles. The second-order valence-electron chi connectivity index (χ2n) is 38.7. The van der Waals surface area contributed by atoms with E-state index in [1.807, 2.05) is 77.4 Å². The van der Waals surface area contributed by atoms with Crippen molar-refractivity contribution in [2.75, 3.05) is 41.5 Å². The molecule has 8 aliphatic rings. The van der Waals surface area contributed by atoms with E-state index >= 15 is 0 Å². The van der Waals surface area contributed by atoms with Crippen molar-refractivity contribution in [3.05, 3.63) is 119 Å². The molecule has 48 heteroatoms. The van der Waals surface area contributed by atoms with Crippen LogP contribution in [0.3, 0.4) is 0 Å². The van der Waals surface area contributed by atoms with E-state index in [2.05, 4.69) is 109 Å². The van der Waals surface area contributed by atoms with Crippen molar-refractivity contribution in [2.24, 2.45) is 80.8 Å². The zero-order valence-corrected chi connectivity index (χ0v) is 73.3. The van der Waals surface area contributed by atoms with E-state index in [1.165, 1.54) is 68.9 Å². The maximum absolute atomic E-state index is 14.3. The minimum Gasteiger partial charge on any atom is -0.390 e. The minimum atomic E-state index is -1.25. The van der Waals surface area contributed by atoms with Crippen LogP contribution in [0.1, 0.15) is 161 Å². The molecule has 4 aromatic rings. The van der Waals surface area contributed by atoms with Crippen molar-refractivity contribution < 1.29 is 29.3 Å². The highest BCUT2D eigenvalue weighted by Crippen LogP contribution is 2.70. The first kappa shape index (κ1) is 103. The van der Waals surface area contributed by atoms with Crippen LogP contribution < -0.4 is 0 Å². The van der Waals surface area contributed by atoms with E-state index in [0.717, 1.165) is 98.1 Å². The number of methoxy groups -OCH3 is 2. The first-order chi connectivity index (χ1) is 55.4. The summed E-state index contributed by atoms with van der Waals surface area (Å²) in [6.07, 6.45) is -1.72. The van der Waals surface area contributed by atoms with E-state index in [0.29, 0.717) is 53.1 Å². The minimum absolute atomic E-state index is 0. The van der Waals surface area contributed by atoms with Crippen molar-refractivity contribution in [1.82, 2.24) is 4.90 Å². The van der Waals surface area contributed by atoms with Crippen molar-refractivity contribution in [2.45, 2.75) is 162 Å². The number of halogens is 1. The lowest BCUT2D eigenvalue weighted by Crippen LogP contribution is -2.92. The smallest absolute Gasteiger partial charge is 0.225 e. The number of amides is 1. The molecule has 2 N–H and O–H groups in total. The molecule has 0 saturated heterocycles. The van der Waals surface area contributed by atoms with Crippen LogP contribution in [-0.4, -0.2) is 363 Å². The second-order valence-corrected chi connectivity index (χ2v) is 39.6. The van der Waals surface area contributed by atoms with Gasteiger partial charge in [-0.2, -0.15) is 0 Å². The number of nitrogens with zero attached hydrogens (tertiary/aromatic N) is 1. The number of aliphatic hydroxyl groups is 2. The van der Waals surface area contributed by atoms with Crippen LogP contribution in [0, 0.1) is 80.8 Å². The number of fused-ring (bicyclic) bond motifs is 10. The molecule has 8 aliphatic carbocycles. The molecule has 0 unspecified atom stereocenters. The monoisotopic (exact) mass is 1580 g/mol. The third-order valence-corrected chi connectivity index (χ3v) is 32.1. The van der Waals surface area contributed by atoms with E-state index in [-0.39, 0.29) is 40.9 Å². The Bertz CT molecular complexity index is 3730. The standard InChI is InChI=1S/C34H44O3.C24H41NO3.C12H9Br.CH4.B40/c1-32(36)19-20-34(22-37-3)24(21-32)13-14-27-28-15-16-30(33(28,2)18-17-29(27)34)31(35)26-12-8-7-11-25(26)23-9-5-4-6-10-23;1-22(27)12-13-24(15-28-5)16(14-22)6-7-17-18-8-9-20(21(26)25(3)4)23(18,2)11-10-19(17)24;13-12-9-5-4-8-11(12)10-6-2-1-3-7-10;;1-22(2)32(21)37(31(19)20)40(38(33(23(3)4)24(5)6)34(25(7)8)26(9)10)39(35(27(11)12)28(13)14)36(29(15)16)30(17)18/h4-12,24,27-30,36H,13-22H2,1-3H3;16-20,27H,6-15H2,1-5H3;1-9H;1H4;/t24-,27-,28-,29-,30+,32+,33-,34+;16-,17-,18-,19-,20+,22+,23-,24+;;;/m00.../s1. The van der Waals surface area contributed by atoms with Gasteiger partial charge < -0.3 is 24.6 Å². The highest BCUT2D eigenvalue weighted by Gasteiger charge is 2.66. The second kappa shape index (κ2) is 44.0. The Balaban J connectivity index is 0.000000207. The van der Waals surface area contributed by atoms with E-state index in [9.17, 15) is 19.8 Å². The Hall–Kier alpha value is -1.06. The fraction of sp³-hybridized carbons (Fsp3) is 0.634. The summed E-state index contributed by atoms with van der Waals surface area (Å²) in [4.78, 5) is 29.0. The van der Waals surface area contributed by atoms with Gasteiger partial charge in [0.05, 0.1) is 24.4 Å². The van der Waals surface area contributed by atoms with E-state index in [1.54, 1.807) is 0 Å². The van der Waals surface area contributed by atoms with Crippen LogP contribution in [-0.2, 0) is 14.3 Å². The number of rotatable bonds is 27. The van der Waals surface area contributed by atoms with Gasteiger partial charge in [-0.3, -0.25) is 9.59 Å². The molecule has 1 amide bonds. The van der Waals surface area contributed by atoms with Gasteiger partial charge in [0.1, 0.15) is 0 Å². The lowest BCUT2D eigenvalue weighted by Gasteiger charge is -2.62. The van der Waals surface area contributed by atoms with Crippen LogP contribution in [0.4, 0.5) is 0 Å². The molecule has 550 valence electrons. The third kappa shape index (κ3) is 22.7. The van der Waals surface area contributed by atoms with Crippen LogP contribution in [0.2, 0.25) is 0 Å². The normalized spacial score (nSPS) is 28.9. The molecule has 0 aliphatic heterocycles. The van der Waals surface area contributed by atoms with Gasteiger partial charge in [-0.15, -0.1) is 0 Å². The number of Topliss-reactive ketones (excluding diaryl/α,β-unsaturated/α-hetero) is 1. The van der Waals surface area contributed by atoms with E-state index in [4.69, 9.17) is 172 Å². The Morgan fingerprint density at radius 1 is 0.395 bits per heavy atom. The quantitative estimate of drug-likeness (QED) is 0.0690. The van der Waals surface area contributed by atoms with E-state index < -0.39 is 133 Å². The lowest BCUT2D eigenvalue weighted by atomic mass is 8.27. The number of benzene rings is 4. The molecule has 8 saturated carbocycles. The molecule has 42 radical (unpaired) electrons. The van der Waals surface area contributed by atoms with Gasteiger partial charge in [-0.05, 0) is 227 Å². The van der Waals surface area contributed by atoms with Gasteiger partial charge in [0, 0.05) is 334 Å². The summed E-state index contributed by atoms with van der Waals surface area (Å²) in [5.41, 5.74) is 5.23. The average Bonchev–Trinajstić information content (AvgIpc) is 1.66. The SMILES string of the molecule is Brc1ccccc1-c1ccccc1.C.COC[C@]12CC[C@@](C)(O)C[C@@H]1CC[C@H]1[C@@H]3CC[C@H](C(=O)N(C)C)[C@@]3(C)CC[C@@H]12.COC[C@]12CC[C@@](C)(O)C[C@@H]1CC[C@H]1[C@@H]3CC[C@H](C(=O)c4ccccc4-c4ccccc4)[C@@]3(C)CC[C@@H]12.[B]B([B])B([B])B(B([B])[B])B(B(B(B([B])[B])B([B])[B])B(B([B])[B])B([B])[B])B(B(B([B])[B])B([B])[B])B(B([B])[B])B([B])[B]. The number of ketones is 1. The molecule has 0 spiro atoms. The number of carbonyl (C=O) groups excluding carboxylic acids is 2. The molecule has 0 bridgehead atoms. The van der Waals surface area contributed by atoms with Gasteiger partial charge >= 0.3 is 0 Å². The Morgan fingerprint density at radius 3 is 1.09 bits per heavy atom. The van der Waals surface area contributed by atoms with Crippen molar-refractivity contribution >= 4 is 311 Å². The molecule has 0 aromatic heterocycles. The zero-order valence-electron chi connectivity index (χ0n) is 71.8. The summed E-state index contributed by atoms with van der Waals surface area (Å²) in [5, 5.41) is 21.7. The fourth-order valence-corrected chi connectivity index (χ4v) is 26.7. The van der Waals surface area contributed by atoms with Crippen LogP contribution in [0.25, 0.3) is 22.3 Å². The van der Waals surface area contributed by atoms with Crippen LogP contribution in [0.5, 0.6) is 0 Å². The molecular weight excluding hydrogens is 1480 g/mol. The molecule has 16 atom stereocenters. The highest BCUT2D eigenvalue weighted by molar-refractivity contribution is 9.10. The number of hydrogen-bond acceptors (Lipinski definition) is 6. The number of ether oxygens (including phenoxy) is 2. The molecule has 7 nitrogen and oxygen atoms in total. The predicted octanol–water partition coefficient (Wildman–Crippen LogP) is 1.20. The summed E-state index contributed by atoms with van der Waals surface area (Å²) in [6.45, 7) is 10.6. The maximum Gasteiger partial charge on any atom is 0.225 e. The van der Waals surface area contributed by atoms with Crippen molar-refractivity contribution in [3.63, 3.8) is 0 Å². The van der Waals surface area contributed by atoms with Crippen molar-refractivity contribution in [3.8, 4) is 22.3 Å². The van der Waals surface area contributed by atoms with Gasteiger partial charge in [-0.25, -0.2) is 0 Å². The highest BCUT2D eigenvalue weighted by atomic mass is 79.9. The third-order valence-electron chi connectivity index (χ3n) is 31.4. The summed E-state index contributed by atoms with van der Waals surface area (Å²) >= 11 is 3.53. The van der Waals surface area contributed by atoms with Gasteiger partial charge in [-0.1, -0.05) is 140 Å². The van der Waals surface area contributed by atoms with Gasteiger partial charge in [0.25, 0.3) is 0 Å². The van der Waals surface area contributed by atoms with Crippen LogP contribution >= 0.6 is 15.9 Å². The number of carbonyl (C=O) groups is 2. The first-order valence-corrected chi connectivity index (χ1v) is 44.2. The Labute approximate surface area is 765 Å². The summed E-state index contributed by atoms with van der Waals surface area (Å²) in [5.74, 6) is 6.21. The molecule has 12 rings (SSSR count). The molecule has 8 fully saturated rings. The zero-order chi connectivity index (χ0) is 87.2. The largest absolute Gasteiger partial charge is 0.390 e. The maximum atomic E-state index is 14.3. The first-order valence-electron chi connectivity index (χ1n) is 43.4. The van der Waals surface area contributed by atoms with Crippen LogP contribution in [0.15, 0.2) is 114 Å². The Kier molecular flexibility index (Phi) is 38.2. The molecule has 119 heavy (non-hydrogen) atoms. The number of hydrogen-bond donors (Lipinski definition) is 2. The molecule has 0 heterocycles. The molecular formula is C71H98B40BrNO6. The predicted molar refractivity (Wildman–Crippen MR) is 555 cm³/mol. The average molecular weight is 1570 g/mol. The summed E-state index contributed by atoms with van der Waals surface area (Å²) < 4.78 is 12.9. The summed E-state index contributed by atoms with van der Waals surface area (Å²) in [7, 11) is 139. The van der Waals surface area contributed by atoms with Crippen molar-refractivity contribution in [1.29, 1.82) is 0 Å². The lowest BCUT2D eigenvalue weighted by molar-refractivity contribution is -0.176. The topological polar surface area (TPSA) is 96.3 Å². The summed E-state index contributed by atoms with van der Waals surface area (Å²) in [6, 6.07) is 37.2. The van der Waals surface area contributed by atoms with Gasteiger partial charge in [0.2, 0.25) is 5.91 Å². The fourth-order valence-electron chi connectivity index (χ4n) is 26.2. The Morgan fingerprint density at radius 2 is 0.731 bits per heavy atom.